The molecule has 1 saturated heterocycles. The first-order valence-electron chi connectivity index (χ1n) is 9.56. The van der Waals surface area contributed by atoms with Crippen LogP contribution in [0, 0.1) is 0 Å². The van der Waals surface area contributed by atoms with Gasteiger partial charge in [-0.3, -0.25) is 14.2 Å². The van der Waals surface area contributed by atoms with Crippen LogP contribution in [-0.2, 0) is 4.74 Å². The first-order chi connectivity index (χ1) is 14.6. The minimum atomic E-state index is -0.356. The van der Waals surface area contributed by atoms with Crippen LogP contribution in [0.1, 0.15) is 33.6 Å². The second-order valence-corrected chi connectivity index (χ2v) is 7.32. The van der Waals surface area contributed by atoms with Gasteiger partial charge in [-0.1, -0.05) is 11.6 Å². The molecule has 0 bridgehead atoms. The van der Waals surface area contributed by atoms with E-state index in [2.05, 4.69) is 20.8 Å². The van der Waals surface area contributed by atoms with E-state index < -0.39 is 0 Å². The van der Waals surface area contributed by atoms with Crippen molar-refractivity contribution in [2.24, 2.45) is 0 Å². The van der Waals surface area contributed by atoms with E-state index in [9.17, 15) is 9.59 Å². The maximum atomic E-state index is 12.7. The van der Waals surface area contributed by atoms with Crippen molar-refractivity contribution in [2.45, 2.75) is 18.9 Å². The Bertz CT molecular complexity index is 1030. The normalized spacial score (nSPS) is 15.7. The van der Waals surface area contributed by atoms with Crippen LogP contribution >= 0.6 is 11.6 Å². The van der Waals surface area contributed by atoms with E-state index in [-0.39, 0.29) is 17.9 Å². The number of carbonyl (C=O) groups is 2. The van der Waals surface area contributed by atoms with E-state index >= 15 is 0 Å². The van der Waals surface area contributed by atoms with E-state index in [4.69, 9.17) is 16.3 Å². The average molecular weight is 426 g/mol. The lowest BCUT2D eigenvalue weighted by molar-refractivity contribution is 0.0857. The van der Waals surface area contributed by atoms with E-state index in [1.807, 2.05) is 0 Å². The molecule has 30 heavy (non-hydrogen) atoms. The van der Waals surface area contributed by atoms with Gasteiger partial charge in [-0.05, 0) is 55.3 Å². The standard InChI is InChI=1S/C21H20ClN5O3/c22-19-8-7-16(27-12-24-25-13-27)10-18(19)21(29)26-15-5-3-14(4-6-15)20(28)23-11-17-2-1-9-30-17/h3-8,10,12-13,17H,1-2,9,11H2,(H,23,28)(H,26,29)/t17-/m0/s1. The molecule has 2 amide bonds. The number of benzene rings is 2. The van der Waals surface area contributed by atoms with Crippen LogP contribution in [0.15, 0.2) is 55.1 Å². The molecule has 1 aliphatic rings. The zero-order chi connectivity index (χ0) is 20.9. The molecule has 4 rings (SSSR count). The van der Waals surface area contributed by atoms with Crippen LogP contribution in [-0.4, -0.2) is 45.8 Å². The van der Waals surface area contributed by atoms with Crippen molar-refractivity contribution in [2.75, 3.05) is 18.5 Å². The highest BCUT2D eigenvalue weighted by molar-refractivity contribution is 6.34. The fourth-order valence-corrected chi connectivity index (χ4v) is 3.40. The van der Waals surface area contributed by atoms with Crippen LogP contribution in [0.3, 0.4) is 0 Å². The van der Waals surface area contributed by atoms with E-state index in [0.717, 1.165) is 19.4 Å². The van der Waals surface area contributed by atoms with E-state index in [0.29, 0.717) is 34.1 Å². The highest BCUT2D eigenvalue weighted by atomic mass is 35.5. The summed E-state index contributed by atoms with van der Waals surface area (Å²) in [4.78, 5) is 25.0. The summed E-state index contributed by atoms with van der Waals surface area (Å²) in [5.41, 5.74) is 2.11. The summed E-state index contributed by atoms with van der Waals surface area (Å²) in [7, 11) is 0. The first-order valence-corrected chi connectivity index (χ1v) is 9.94. The Morgan fingerprint density at radius 2 is 1.87 bits per heavy atom. The summed E-state index contributed by atoms with van der Waals surface area (Å²) in [5, 5.41) is 13.5. The van der Waals surface area contributed by atoms with Gasteiger partial charge < -0.3 is 15.4 Å². The molecule has 0 saturated carbocycles. The SMILES string of the molecule is O=C(NC[C@@H]1CCCO1)c1ccc(NC(=O)c2cc(-n3cnnc3)ccc2Cl)cc1. The van der Waals surface area contributed by atoms with E-state index in [1.54, 1.807) is 47.0 Å². The van der Waals surface area contributed by atoms with Crippen molar-refractivity contribution >= 4 is 29.1 Å². The first kappa shape index (κ1) is 20.1. The topological polar surface area (TPSA) is 98.1 Å². The molecule has 1 aromatic heterocycles. The molecule has 0 radical (unpaired) electrons. The fraction of sp³-hybridized carbons (Fsp3) is 0.238. The third kappa shape index (κ3) is 4.67. The minimum Gasteiger partial charge on any atom is -0.376 e. The second kappa shape index (κ2) is 9.06. The highest BCUT2D eigenvalue weighted by Crippen LogP contribution is 2.21. The van der Waals surface area contributed by atoms with Crippen LogP contribution in [0.2, 0.25) is 5.02 Å². The molecule has 8 nitrogen and oxygen atoms in total. The number of ether oxygens (including phenoxy) is 1. The molecule has 0 spiro atoms. The third-order valence-electron chi connectivity index (χ3n) is 4.83. The van der Waals surface area contributed by atoms with Crippen LogP contribution in [0.25, 0.3) is 5.69 Å². The maximum Gasteiger partial charge on any atom is 0.257 e. The molecule has 1 atom stereocenters. The highest BCUT2D eigenvalue weighted by Gasteiger charge is 2.17. The molecule has 154 valence electrons. The zero-order valence-corrected chi connectivity index (χ0v) is 16.8. The van der Waals surface area contributed by atoms with Crippen molar-refractivity contribution in [1.29, 1.82) is 0 Å². The Kier molecular flexibility index (Phi) is 6.06. The van der Waals surface area contributed by atoms with E-state index in [1.165, 1.54) is 12.7 Å². The van der Waals surface area contributed by atoms with Crippen LogP contribution in [0.5, 0.6) is 0 Å². The van der Waals surface area contributed by atoms with Gasteiger partial charge in [0.25, 0.3) is 11.8 Å². The Morgan fingerprint density at radius 1 is 1.10 bits per heavy atom. The van der Waals surface area contributed by atoms with Gasteiger partial charge in [0.05, 0.1) is 16.7 Å². The Labute approximate surface area is 178 Å². The van der Waals surface area contributed by atoms with Crippen LogP contribution in [0.4, 0.5) is 5.69 Å². The molecule has 1 fully saturated rings. The van der Waals surface area contributed by atoms with Gasteiger partial charge in [-0.2, -0.15) is 0 Å². The molecule has 2 aromatic carbocycles. The quantitative estimate of drug-likeness (QED) is 0.632. The van der Waals surface area contributed by atoms with Gasteiger partial charge in [0, 0.05) is 30.1 Å². The summed E-state index contributed by atoms with van der Waals surface area (Å²) in [6, 6.07) is 11.8. The van der Waals surface area contributed by atoms with Crippen molar-refractivity contribution < 1.29 is 14.3 Å². The van der Waals surface area contributed by atoms with Gasteiger partial charge in [0.15, 0.2) is 0 Å². The molecule has 0 unspecified atom stereocenters. The summed E-state index contributed by atoms with van der Waals surface area (Å²) in [6.07, 6.45) is 5.15. The average Bonchev–Trinajstić information content (AvgIpc) is 3.47. The van der Waals surface area contributed by atoms with Crippen molar-refractivity contribution in [3.8, 4) is 5.69 Å². The number of nitrogens with zero attached hydrogens (tertiary/aromatic N) is 3. The fourth-order valence-electron chi connectivity index (χ4n) is 3.20. The largest absolute Gasteiger partial charge is 0.376 e. The summed E-state index contributed by atoms with van der Waals surface area (Å²) < 4.78 is 7.18. The molecule has 2 heterocycles. The monoisotopic (exact) mass is 425 g/mol. The van der Waals surface area contributed by atoms with Gasteiger partial charge in [0.2, 0.25) is 0 Å². The van der Waals surface area contributed by atoms with Gasteiger partial charge in [-0.15, -0.1) is 10.2 Å². The summed E-state index contributed by atoms with van der Waals surface area (Å²) >= 11 is 6.21. The predicted octanol–water partition coefficient (Wildman–Crippen LogP) is 3.08. The smallest absolute Gasteiger partial charge is 0.257 e. The molecule has 3 aromatic rings. The maximum absolute atomic E-state index is 12.7. The number of anilines is 1. The molecular formula is C21H20ClN5O3. The van der Waals surface area contributed by atoms with Crippen molar-refractivity contribution in [1.82, 2.24) is 20.1 Å². The molecule has 2 N–H and O–H groups in total. The Balaban J connectivity index is 1.40. The van der Waals surface area contributed by atoms with Crippen molar-refractivity contribution in [3.05, 3.63) is 71.3 Å². The molecule has 0 aliphatic carbocycles. The number of halogens is 1. The minimum absolute atomic E-state index is 0.0890. The third-order valence-corrected chi connectivity index (χ3v) is 5.16. The zero-order valence-electron chi connectivity index (χ0n) is 16.0. The van der Waals surface area contributed by atoms with Crippen LogP contribution < -0.4 is 10.6 Å². The summed E-state index contributed by atoms with van der Waals surface area (Å²) in [5.74, 6) is -0.529. The van der Waals surface area contributed by atoms with Gasteiger partial charge in [0.1, 0.15) is 12.7 Å². The second-order valence-electron chi connectivity index (χ2n) is 6.91. The number of hydrogen-bond donors (Lipinski definition) is 2. The van der Waals surface area contributed by atoms with Gasteiger partial charge >= 0.3 is 0 Å². The van der Waals surface area contributed by atoms with Crippen molar-refractivity contribution in [3.63, 3.8) is 0 Å². The molecule has 9 heteroatoms. The van der Waals surface area contributed by atoms with Gasteiger partial charge in [-0.25, -0.2) is 0 Å². The lowest BCUT2D eigenvalue weighted by atomic mass is 10.1. The predicted molar refractivity (Wildman–Crippen MR) is 112 cm³/mol. The molecule has 1 aliphatic heterocycles. The number of aromatic nitrogens is 3. The number of carbonyl (C=O) groups excluding carboxylic acids is 2. The Hall–Kier alpha value is -3.23. The summed E-state index contributed by atoms with van der Waals surface area (Å²) in [6.45, 7) is 1.25. The Morgan fingerprint density at radius 3 is 2.57 bits per heavy atom. The molecular weight excluding hydrogens is 406 g/mol. The lowest BCUT2D eigenvalue weighted by Gasteiger charge is -2.12. The lowest BCUT2D eigenvalue weighted by Crippen LogP contribution is -2.31. The number of hydrogen-bond acceptors (Lipinski definition) is 5. The number of rotatable bonds is 6. The number of nitrogens with one attached hydrogen (secondary N) is 2. The number of amides is 2.